The number of sulfonamides is 1. The number of amides is 1. The Morgan fingerprint density at radius 2 is 1.86 bits per heavy atom. The summed E-state index contributed by atoms with van der Waals surface area (Å²) in [6.45, 7) is 1.04. The molecule has 1 saturated heterocycles. The summed E-state index contributed by atoms with van der Waals surface area (Å²) in [6, 6.07) is 12.0. The highest BCUT2D eigenvalue weighted by atomic mass is 79.9. The van der Waals surface area contributed by atoms with Gasteiger partial charge in [0.15, 0.2) is 0 Å². The fourth-order valence-corrected chi connectivity index (χ4v) is 5.11. The van der Waals surface area contributed by atoms with Crippen molar-refractivity contribution >= 4 is 43.6 Å². The van der Waals surface area contributed by atoms with Gasteiger partial charge in [-0.15, -0.1) is 0 Å². The maximum absolute atomic E-state index is 12.9. The van der Waals surface area contributed by atoms with Crippen molar-refractivity contribution in [1.29, 1.82) is 0 Å². The molecule has 0 unspecified atom stereocenters. The lowest BCUT2D eigenvalue weighted by Gasteiger charge is -2.26. The largest absolute Gasteiger partial charge is 0.495 e. The van der Waals surface area contributed by atoms with Crippen LogP contribution in [-0.2, 0) is 14.8 Å². The second kappa shape index (κ2) is 9.56. The summed E-state index contributed by atoms with van der Waals surface area (Å²) >= 11 is 3.43. The van der Waals surface area contributed by atoms with Crippen molar-refractivity contribution in [2.75, 3.05) is 25.5 Å². The average molecular weight is 479 g/mol. The van der Waals surface area contributed by atoms with Crippen molar-refractivity contribution < 1.29 is 17.9 Å². The number of carbonyl (C=O) groups excluding carboxylic acids is 1. The zero-order chi connectivity index (χ0) is 20.9. The minimum Gasteiger partial charge on any atom is -0.495 e. The number of nitrogens with zero attached hydrogens (tertiary/aromatic N) is 1. The molecular weight excluding hydrogens is 456 g/mol. The van der Waals surface area contributed by atoms with Gasteiger partial charge >= 0.3 is 0 Å². The molecule has 1 N–H and O–H groups in total. The van der Waals surface area contributed by atoms with Gasteiger partial charge in [-0.2, -0.15) is 4.31 Å². The molecule has 1 heterocycles. The van der Waals surface area contributed by atoms with Crippen LogP contribution in [0.5, 0.6) is 5.75 Å². The topological polar surface area (TPSA) is 75.7 Å². The minimum atomic E-state index is -3.60. The zero-order valence-electron chi connectivity index (χ0n) is 16.1. The quantitative estimate of drug-likeness (QED) is 0.628. The molecule has 0 aromatic heterocycles. The molecule has 0 radical (unpaired) electrons. The van der Waals surface area contributed by atoms with Crippen molar-refractivity contribution in [3.8, 4) is 5.75 Å². The van der Waals surface area contributed by atoms with Gasteiger partial charge in [0, 0.05) is 23.6 Å². The van der Waals surface area contributed by atoms with Gasteiger partial charge in [0.25, 0.3) is 0 Å². The lowest BCUT2D eigenvalue weighted by atomic mass is 10.2. The second-order valence-corrected chi connectivity index (χ2v) is 9.46. The molecule has 0 atom stereocenters. The Bertz CT molecular complexity index is 1020. The Kier molecular flexibility index (Phi) is 7.10. The van der Waals surface area contributed by atoms with Crippen molar-refractivity contribution in [1.82, 2.24) is 4.31 Å². The van der Waals surface area contributed by atoms with Crippen LogP contribution in [0.15, 0.2) is 57.9 Å². The van der Waals surface area contributed by atoms with Gasteiger partial charge in [-0.25, -0.2) is 8.42 Å². The molecule has 1 aliphatic rings. The van der Waals surface area contributed by atoms with Crippen LogP contribution < -0.4 is 10.1 Å². The van der Waals surface area contributed by atoms with Crippen LogP contribution in [0.1, 0.15) is 24.8 Å². The standard InChI is InChI=1S/C21H23BrN2O4S/c1-28-20-11-10-17(29(26,27)24-13-5-2-6-14-24)15-19(20)23-21(25)12-9-16-7-3-4-8-18(16)22/h3-4,7-12,15H,2,5-6,13-14H2,1H3,(H,23,25)/b12-9+. The summed E-state index contributed by atoms with van der Waals surface area (Å²) < 4.78 is 33.5. The van der Waals surface area contributed by atoms with E-state index in [2.05, 4.69) is 21.2 Å². The fraction of sp³-hybridized carbons (Fsp3) is 0.286. The molecule has 8 heteroatoms. The first-order chi connectivity index (χ1) is 13.9. The number of hydrogen-bond donors (Lipinski definition) is 1. The van der Waals surface area contributed by atoms with Gasteiger partial charge in [-0.1, -0.05) is 40.5 Å². The molecule has 2 aromatic carbocycles. The van der Waals surface area contributed by atoms with E-state index in [0.29, 0.717) is 24.5 Å². The van der Waals surface area contributed by atoms with Crippen LogP contribution in [0.3, 0.4) is 0 Å². The van der Waals surface area contributed by atoms with Gasteiger partial charge in [0.1, 0.15) is 5.75 Å². The predicted molar refractivity (Wildman–Crippen MR) is 117 cm³/mol. The maximum atomic E-state index is 12.9. The first kappa shape index (κ1) is 21.5. The SMILES string of the molecule is COc1ccc(S(=O)(=O)N2CCCCC2)cc1NC(=O)/C=C/c1ccccc1Br. The molecule has 3 rings (SSSR count). The van der Waals surface area contributed by atoms with E-state index in [0.717, 1.165) is 29.3 Å². The van der Waals surface area contributed by atoms with E-state index in [1.165, 1.54) is 29.6 Å². The van der Waals surface area contributed by atoms with Crippen molar-refractivity contribution in [3.63, 3.8) is 0 Å². The number of piperidine rings is 1. The third kappa shape index (κ3) is 5.26. The van der Waals surface area contributed by atoms with E-state index in [9.17, 15) is 13.2 Å². The lowest BCUT2D eigenvalue weighted by molar-refractivity contribution is -0.111. The van der Waals surface area contributed by atoms with Crippen molar-refractivity contribution in [3.05, 3.63) is 58.6 Å². The Balaban J connectivity index is 1.82. The highest BCUT2D eigenvalue weighted by molar-refractivity contribution is 9.10. The highest BCUT2D eigenvalue weighted by Gasteiger charge is 2.26. The average Bonchev–Trinajstić information content (AvgIpc) is 2.73. The molecule has 2 aromatic rings. The Hall–Kier alpha value is -2.16. The van der Waals surface area contributed by atoms with Crippen LogP contribution in [-0.4, -0.2) is 38.8 Å². The summed E-state index contributed by atoms with van der Waals surface area (Å²) in [5.41, 5.74) is 1.17. The van der Waals surface area contributed by atoms with Crippen LogP contribution in [0.2, 0.25) is 0 Å². The summed E-state index contributed by atoms with van der Waals surface area (Å²) in [7, 11) is -2.13. The monoisotopic (exact) mass is 478 g/mol. The fourth-order valence-electron chi connectivity index (χ4n) is 3.15. The molecule has 0 aliphatic carbocycles. The van der Waals surface area contributed by atoms with Crippen molar-refractivity contribution in [2.24, 2.45) is 0 Å². The number of nitrogens with one attached hydrogen (secondary N) is 1. The van der Waals surface area contributed by atoms with Gasteiger partial charge in [0.2, 0.25) is 15.9 Å². The molecule has 154 valence electrons. The number of carbonyl (C=O) groups is 1. The van der Waals surface area contributed by atoms with E-state index < -0.39 is 10.0 Å². The molecular formula is C21H23BrN2O4S. The molecule has 29 heavy (non-hydrogen) atoms. The smallest absolute Gasteiger partial charge is 0.248 e. The number of hydrogen-bond acceptors (Lipinski definition) is 4. The molecule has 6 nitrogen and oxygen atoms in total. The van der Waals surface area contributed by atoms with Crippen LogP contribution in [0, 0.1) is 0 Å². The number of benzene rings is 2. The van der Waals surface area contributed by atoms with E-state index >= 15 is 0 Å². The summed E-state index contributed by atoms with van der Waals surface area (Å²) in [6.07, 6.45) is 5.84. The molecule has 1 amide bonds. The van der Waals surface area contributed by atoms with E-state index in [4.69, 9.17) is 4.74 Å². The summed E-state index contributed by atoms with van der Waals surface area (Å²) in [5.74, 6) is 0.0109. The van der Waals surface area contributed by atoms with E-state index in [-0.39, 0.29) is 10.8 Å². The normalized spacial score (nSPS) is 15.4. The summed E-state index contributed by atoms with van der Waals surface area (Å²) in [4.78, 5) is 12.5. The van der Waals surface area contributed by atoms with Crippen molar-refractivity contribution in [2.45, 2.75) is 24.2 Å². The van der Waals surface area contributed by atoms with Crippen LogP contribution >= 0.6 is 15.9 Å². The first-order valence-corrected chi connectivity index (χ1v) is 11.6. The van der Waals surface area contributed by atoms with Gasteiger partial charge < -0.3 is 10.1 Å². The van der Waals surface area contributed by atoms with Crippen LogP contribution in [0.4, 0.5) is 5.69 Å². The van der Waals surface area contributed by atoms with Gasteiger partial charge in [-0.05, 0) is 48.7 Å². The summed E-state index contributed by atoms with van der Waals surface area (Å²) in [5, 5.41) is 2.72. The second-order valence-electron chi connectivity index (χ2n) is 6.67. The van der Waals surface area contributed by atoms with E-state index in [1.54, 1.807) is 12.1 Å². The van der Waals surface area contributed by atoms with Gasteiger partial charge in [0.05, 0.1) is 17.7 Å². The zero-order valence-corrected chi connectivity index (χ0v) is 18.5. The number of halogens is 1. The molecule has 1 aliphatic heterocycles. The van der Waals surface area contributed by atoms with Crippen LogP contribution in [0.25, 0.3) is 6.08 Å². The molecule has 1 fully saturated rings. The Labute approximate surface area is 179 Å². The first-order valence-electron chi connectivity index (χ1n) is 9.33. The minimum absolute atomic E-state index is 0.144. The number of rotatable bonds is 6. The maximum Gasteiger partial charge on any atom is 0.248 e. The Morgan fingerprint density at radius 1 is 1.14 bits per heavy atom. The number of ether oxygens (including phenoxy) is 1. The molecule has 0 spiro atoms. The molecule has 0 bridgehead atoms. The number of anilines is 1. The third-order valence-electron chi connectivity index (χ3n) is 4.70. The lowest BCUT2D eigenvalue weighted by Crippen LogP contribution is -2.35. The van der Waals surface area contributed by atoms with Gasteiger partial charge in [-0.3, -0.25) is 4.79 Å². The third-order valence-corrected chi connectivity index (χ3v) is 7.32. The molecule has 0 saturated carbocycles. The predicted octanol–water partition coefficient (Wildman–Crippen LogP) is 4.28. The van der Waals surface area contributed by atoms with E-state index in [1.807, 2.05) is 24.3 Å². The highest BCUT2D eigenvalue weighted by Crippen LogP contribution is 2.30. The Morgan fingerprint density at radius 3 is 2.55 bits per heavy atom. The number of methoxy groups -OCH3 is 1.